The number of aromatic nitrogens is 1. The van der Waals surface area contributed by atoms with E-state index in [9.17, 15) is 0 Å². The van der Waals surface area contributed by atoms with E-state index in [1.807, 2.05) is 60.7 Å². The van der Waals surface area contributed by atoms with Crippen LogP contribution in [-0.4, -0.2) is 19.2 Å². The number of hydrogen-bond acceptors (Lipinski definition) is 3. The topological polar surface area (TPSA) is 31.4 Å². The fraction of sp³-hybridized carbons (Fsp3) is 0.0870. The molecule has 0 saturated carbocycles. The molecular formula is C23H18ClNO2. The zero-order valence-corrected chi connectivity index (χ0v) is 15.8. The second kappa shape index (κ2) is 7.29. The molecule has 1 heterocycles. The maximum atomic E-state index is 6.55. The Bertz CT molecular complexity index is 1120. The molecule has 0 fully saturated rings. The van der Waals surface area contributed by atoms with Gasteiger partial charge in [-0.2, -0.15) is 0 Å². The van der Waals surface area contributed by atoms with Crippen molar-refractivity contribution >= 4 is 22.4 Å². The average molecular weight is 376 g/mol. The van der Waals surface area contributed by atoms with Crippen LogP contribution in [0.2, 0.25) is 5.15 Å². The molecule has 0 spiro atoms. The Kier molecular flexibility index (Phi) is 4.69. The molecule has 0 aliphatic rings. The van der Waals surface area contributed by atoms with E-state index in [0.717, 1.165) is 44.7 Å². The number of pyridine rings is 1. The molecule has 0 atom stereocenters. The number of hydrogen-bond donors (Lipinski definition) is 0. The van der Waals surface area contributed by atoms with Gasteiger partial charge in [0.15, 0.2) is 0 Å². The van der Waals surface area contributed by atoms with Gasteiger partial charge in [-0.3, -0.25) is 0 Å². The first-order valence-corrected chi connectivity index (χ1v) is 8.96. The minimum absolute atomic E-state index is 0.471. The van der Waals surface area contributed by atoms with Crippen molar-refractivity contribution in [2.45, 2.75) is 0 Å². The van der Waals surface area contributed by atoms with Crippen LogP contribution in [-0.2, 0) is 0 Å². The van der Waals surface area contributed by atoms with E-state index in [4.69, 9.17) is 26.1 Å². The van der Waals surface area contributed by atoms with Gasteiger partial charge in [-0.1, -0.05) is 60.1 Å². The number of benzene rings is 3. The maximum Gasteiger partial charge on any atom is 0.137 e. The highest BCUT2D eigenvalue weighted by molar-refractivity contribution is 6.35. The molecule has 27 heavy (non-hydrogen) atoms. The van der Waals surface area contributed by atoms with Crippen molar-refractivity contribution in [1.82, 2.24) is 4.98 Å². The maximum absolute atomic E-state index is 6.55. The second-order valence-electron chi connectivity index (χ2n) is 6.10. The third kappa shape index (κ3) is 3.11. The first kappa shape index (κ1) is 17.4. The summed E-state index contributed by atoms with van der Waals surface area (Å²) in [5, 5.41) is 2.42. The lowest BCUT2D eigenvalue weighted by Crippen LogP contribution is -1.96. The van der Waals surface area contributed by atoms with Gasteiger partial charge >= 0.3 is 0 Å². The predicted octanol–water partition coefficient (Wildman–Crippen LogP) is 6.24. The molecule has 3 aromatic carbocycles. The van der Waals surface area contributed by atoms with E-state index < -0.39 is 0 Å². The van der Waals surface area contributed by atoms with Crippen LogP contribution in [0.4, 0.5) is 0 Å². The SMILES string of the molecule is COc1cccc(-c2c(-c3ccccc3OC)nc(Cl)c3ccccc23)c1. The minimum atomic E-state index is 0.471. The number of nitrogens with zero attached hydrogens (tertiary/aromatic N) is 1. The fourth-order valence-corrected chi connectivity index (χ4v) is 3.58. The van der Waals surface area contributed by atoms with Gasteiger partial charge in [0, 0.05) is 16.5 Å². The lowest BCUT2D eigenvalue weighted by molar-refractivity contribution is 0.415. The Hall–Kier alpha value is -3.04. The van der Waals surface area contributed by atoms with Crippen molar-refractivity contribution in [2.24, 2.45) is 0 Å². The van der Waals surface area contributed by atoms with Crippen molar-refractivity contribution in [3.8, 4) is 33.9 Å². The molecule has 4 heteroatoms. The smallest absolute Gasteiger partial charge is 0.137 e. The highest BCUT2D eigenvalue weighted by Gasteiger charge is 2.19. The molecule has 1 aromatic heterocycles. The molecule has 0 bridgehead atoms. The van der Waals surface area contributed by atoms with E-state index >= 15 is 0 Å². The average Bonchev–Trinajstić information content (AvgIpc) is 2.73. The summed E-state index contributed by atoms with van der Waals surface area (Å²) >= 11 is 6.55. The summed E-state index contributed by atoms with van der Waals surface area (Å²) in [7, 11) is 3.32. The van der Waals surface area contributed by atoms with Crippen LogP contribution >= 0.6 is 11.6 Å². The van der Waals surface area contributed by atoms with Gasteiger partial charge in [0.1, 0.15) is 16.7 Å². The van der Waals surface area contributed by atoms with Crippen LogP contribution in [0.15, 0.2) is 72.8 Å². The molecule has 0 amide bonds. The zero-order chi connectivity index (χ0) is 18.8. The van der Waals surface area contributed by atoms with Gasteiger partial charge in [0.25, 0.3) is 0 Å². The van der Waals surface area contributed by atoms with Crippen molar-refractivity contribution < 1.29 is 9.47 Å². The van der Waals surface area contributed by atoms with E-state index in [0.29, 0.717) is 5.15 Å². The quantitative estimate of drug-likeness (QED) is 0.395. The first-order valence-electron chi connectivity index (χ1n) is 8.59. The summed E-state index contributed by atoms with van der Waals surface area (Å²) in [6.45, 7) is 0. The molecule has 4 aromatic rings. The normalized spacial score (nSPS) is 10.8. The molecule has 0 aliphatic heterocycles. The zero-order valence-electron chi connectivity index (χ0n) is 15.1. The summed E-state index contributed by atoms with van der Waals surface area (Å²) in [6.07, 6.45) is 0. The first-order chi connectivity index (χ1) is 13.2. The van der Waals surface area contributed by atoms with Crippen molar-refractivity contribution in [3.63, 3.8) is 0 Å². The number of para-hydroxylation sites is 1. The van der Waals surface area contributed by atoms with Crippen LogP contribution in [0.1, 0.15) is 0 Å². The minimum Gasteiger partial charge on any atom is -0.497 e. The van der Waals surface area contributed by atoms with Gasteiger partial charge in [-0.05, 0) is 35.2 Å². The number of methoxy groups -OCH3 is 2. The monoisotopic (exact) mass is 375 g/mol. The van der Waals surface area contributed by atoms with Crippen molar-refractivity contribution in [2.75, 3.05) is 14.2 Å². The van der Waals surface area contributed by atoms with Crippen LogP contribution in [0.5, 0.6) is 11.5 Å². The van der Waals surface area contributed by atoms with Crippen LogP contribution < -0.4 is 9.47 Å². The molecule has 0 aliphatic carbocycles. The number of ether oxygens (including phenoxy) is 2. The Morgan fingerprint density at radius 2 is 1.52 bits per heavy atom. The Morgan fingerprint density at radius 1 is 0.778 bits per heavy atom. The Morgan fingerprint density at radius 3 is 2.30 bits per heavy atom. The van der Waals surface area contributed by atoms with Crippen LogP contribution in [0.3, 0.4) is 0 Å². The summed E-state index contributed by atoms with van der Waals surface area (Å²) < 4.78 is 11.0. The van der Waals surface area contributed by atoms with Gasteiger partial charge in [-0.15, -0.1) is 0 Å². The Labute approximate surface area is 163 Å². The van der Waals surface area contributed by atoms with Gasteiger partial charge in [0.05, 0.1) is 19.9 Å². The van der Waals surface area contributed by atoms with Crippen molar-refractivity contribution in [1.29, 1.82) is 0 Å². The van der Waals surface area contributed by atoms with Gasteiger partial charge in [0.2, 0.25) is 0 Å². The number of fused-ring (bicyclic) bond motifs is 1. The van der Waals surface area contributed by atoms with Crippen LogP contribution in [0, 0.1) is 0 Å². The summed E-state index contributed by atoms with van der Waals surface area (Å²) in [6, 6.07) is 23.8. The molecule has 0 N–H and O–H groups in total. The largest absolute Gasteiger partial charge is 0.497 e. The summed E-state index contributed by atoms with van der Waals surface area (Å²) in [5.41, 5.74) is 3.68. The molecule has 0 unspecified atom stereocenters. The molecule has 0 radical (unpaired) electrons. The van der Waals surface area contributed by atoms with Crippen molar-refractivity contribution in [3.05, 3.63) is 77.9 Å². The summed E-state index contributed by atoms with van der Waals surface area (Å²) in [4.78, 5) is 4.76. The highest BCUT2D eigenvalue weighted by atomic mass is 35.5. The molecule has 134 valence electrons. The Balaban J connectivity index is 2.12. The van der Waals surface area contributed by atoms with E-state index in [1.54, 1.807) is 14.2 Å². The molecular weight excluding hydrogens is 358 g/mol. The van der Waals surface area contributed by atoms with E-state index in [2.05, 4.69) is 12.1 Å². The lowest BCUT2D eigenvalue weighted by atomic mass is 9.93. The molecule has 0 saturated heterocycles. The van der Waals surface area contributed by atoms with Gasteiger partial charge in [-0.25, -0.2) is 4.98 Å². The third-order valence-electron chi connectivity index (χ3n) is 4.59. The summed E-state index contributed by atoms with van der Waals surface area (Å²) in [5.74, 6) is 1.54. The van der Waals surface area contributed by atoms with E-state index in [1.165, 1.54) is 0 Å². The second-order valence-corrected chi connectivity index (χ2v) is 6.46. The fourth-order valence-electron chi connectivity index (χ4n) is 3.33. The standard InChI is InChI=1S/C23H18ClNO2/c1-26-16-9-7-8-15(14-16)21-17-10-3-4-11-18(17)23(24)25-22(21)19-12-5-6-13-20(19)27-2/h3-14H,1-2H3. The highest BCUT2D eigenvalue weighted by Crippen LogP contribution is 2.42. The van der Waals surface area contributed by atoms with E-state index in [-0.39, 0.29) is 0 Å². The number of halogens is 1. The molecule has 3 nitrogen and oxygen atoms in total. The van der Waals surface area contributed by atoms with Gasteiger partial charge < -0.3 is 9.47 Å². The molecule has 4 rings (SSSR count). The predicted molar refractivity (Wildman–Crippen MR) is 111 cm³/mol. The number of rotatable bonds is 4. The van der Waals surface area contributed by atoms with Crippen LogP contribution in [0.25, 0.3) is 33.2 Å². The third-order valence-corrected chi connectivity index (χ3v) is 4.87. The lowest BCUT2D eigenvalue weighted by Gasteiger charge is -2.16.